The number of ketones is 1. The smallest absolute Gasteiger partial charge is 0.190 e. The highest BCUT2D eigenvalue weighted by Gasteiger charge is 2.45. The Kier molecular flexibility index (Phi) is 4.57. The van der Waals surface area contributed by atoms with Crippen LogP contribution in [-0.4, -0.2) is 18.9 Å². The Morgan fingerprint density at radius 3 is 2.10 bits per heavy atom. The van der Waals surface area contributed by atoms with Gasteiger partial charge in [0.2, 0.25) is 0 Å². The molecule has 1 aliphatic carbocycles. The predicted octanol–water partition coefficient (Wildman–Crippen LogP) is 3.70. The van der Waals surface area contributed by atoms with Crippen LogP contribution in [0.5, 0.6) is 0 Å². The molecule has 3 nitrogen and oxygen atoms in total. The Bertz CT molecular complexity index is 606. The molecule has 1 saturated carbocycles. The van der Waals surface area contributed by atoms with Crippen LogP contribution in [0.3, 0.4) is 0 Å². The first kappa shape index (κ1) is 16.2. The maximum Gasteiger partial charge on any atom is 0.190 e. The third-order valence-electron chi connectivity index (χ3n) is 4.57. The highest BCUT2D eigenvalue weighted by molar-refractivity contribution is 7.93. The summed E-state index contributed by atoms with van der Waals surface area (Å²) in [5, 5.41) is 0. The largest absolute Gasteiger partial charge is 0.298 e. The minimum atomic E-state index is -3.65. The normalized spacial score (nSPS) is 17.7. The molecule has 0 spiro atoms. The molecule has 0 bridgehead atoms. The molecule has 0 saturated heterocycles. The van der Waals surface area contributed by atoms with Crippen LogP contribution in [0.1, 0.15) is 51.5 Å². The first-order chi connectivity index (χ1) is 9.76. The number of Topliss-reactive ketones (excluding diaryl/α,β-unsaturated/α-hetero) is 1. The summed E-state index contributed by atoms with van der Waals surface area (Å²) >= 11 is 0. The molecular weight excluding hydrogens is 284 g/mol. The molecule has 2 rings (SSSR count). The highest BCUT2D eigenvalue weighted by Crippen LogP contribution is 2.34. The van der Waals surface area contributed by atoms with Crippen molar-refractivity contribution >= 4 is 15.6 Å². The molecule has 0 N–H and O–H groups in total. The molecule has 0 unspecified atom stereocenters. The molecule has 4 heteroatoms. The van der Waals surface area contributed by atoms with Gasteiger partial charge >= 0.3 is 0 Å². The maximum atomic E-state index is 12.8. The number of sulfone groups is 1. The summed E-state index contributed by atoms with van der Waals surface area (Å²) in [7, 11) is -3.65. The lowest BCUT2D eigenvalue weighted by molar-refractivity contribution is -0.125. The van der Waals surface area contributed by atoms with E-state index in [2.05, 4.69) is 0 Å². The van der Waals surface area contributed by atoms with Crippen molar-refractivity contribution in [1.29, 1.82) is 0 Å². The molecule has 0 radical (unpaired) electrons. The van der Waals surface area contributed by atoms with E-state index in [0.29, 0.717) is 0 Å². The van der Waals surface area contributed by atoms with Crippen LogP contribution < -0.4 is 0 Å². The SMILES string of the molecule is Cc1ccc(S(=O)(=O)C(C)(C)C(=O)C2CCCCC2)cc1. The predicted molar refractivity (Wildman–Crippen MR) is 84.0 cm³/mol. The van der Waals surface area contributed by atoms with E-state index in [1.165, 1.54) is 0 Å². The first-order valence-electron chi connectivity index (χ1n) is 7.62. The average Bonchev–Trinajstić information content (AvgIpc) is 2.47. The van der Waals surface area contributed by atoms with Crippen molar-refractivity contribution in [3.8, 4) is 0 Å². The molecule has 1 aliphatic rings. The molecule has 116 valence electrons. The van der Waals surface area contributed by atoms with Gasteiger partial charge < -0.3 is 0 Å². The maximum absolute atomic E-state index is 12.8. The molecule has 1 aromatic carbocycles. The van der Waals surface area contributed by atoms with Crippen molar-refractivity contribution in [3.63, 3.8) is 0 Å². The van der Waals surface area contributed by atoms with Gasteiger partial charge in [-0.3, -0.25) is 4.79 Å². The summed E-state index contributed by atoms with van der Waals surface area (Å²) in [4.78, 5) is 13.0. The molecule has 0 atom stereocenters. The summed E-state index contributed by atoms with van der Waals surface area (Å²) in [5.41, 5.74) is 1.00. The van der Waals surface area contributed by atoms with Crippen LogP contribution in [0.2, 0.25) is 0 Å². The fraction of sp³-hybridized carbons (Fsp3) is 0.588. The van der Waals surface area contributed by atoms with E-state index in [-0.39, 0.29) is 16.6 Å². The van der Waals surface area contributed by atoms with E-state index in [1.807, 2.05) is 6.92 Å². The standard InChI is InChI=1S/C17H24O3S/c1-13-9-11-15(12-10-13)21(19,20)17(2,3)16(18)14-7-5-4-6-8-14/h9-12,14H,4-8H2,1-3H3. The summed E-state index contributed by atoms with van der Waals surface area (Å²) < 4.78 is 24.3. The Hall–Kier alpha value is -1.16. The van der Waals surface area contributed by atoms with E-state index in [1.54, 1.807) is 38.1 Å². The number of rotatable bonds is 4. The number of carbonyl (C=O) groups is 1. The van der Waals surface area contributed by atoms with Gasteiger partial charge in [-0.1, -0.05) is 37.0 Å². The Morgan fingerprint density at radius 2 is 1.57 bits per heavy atom. The van der Waals surface area contributed by atoms with Crippen LogP contribution in [0.4, 0.5) is 0 Å². The zero-order valence-corrected chi connectivity index (χ0v) is 13.9. The molecule has 21 heavy (non-hydrogen) atoms. The van der Waals surface area contributed by atoms with Gasteiger partial charge in [0, 0.05) is 5.92 Å². The average molecular weight is 308 g/mol. The van der Waals surface area contributed by atoms with Crippen molar-refractivity contribution in [2.45, 2.75) is 62.5 Å². The second-order valence-electron chi connectivity index (χ2n) is 6.53. The fourth-order valence-electron chi connectivity index (χ4n) is 3.00. The van der Waals surface area contributed by atoms with Crippen molar-refractivity contribution in [1.82, 2.24) is 0 Å². The number of hydrogen-bond acceptors (Lipinski definition) is 3. The third kappa shape index (κ3) is 3.05. The third-order valence-corrected chi connectivity index (χ3v) is 7.01. The van der Waals surface area contributed by atoms with Gasteiger partial charge in [-0.05, 0) is 45.7 Å². The highest BCUT2D eigenvalue weighted by atomic mass is 32.2. The van der Waals surface area contributed by atoms with E-state index in [0.717, 1.165) is 37.7 Å². The van der Waals surface area contributed by atoms with Crippen molar-refractivity contribution < 1.29 is 13.2 Å². The second-order valence-corrected chi connectivity index (χ2v) is 9.02. The van der Waals surface area contributed by atoms with Crippen LogP contribution in [0.25, 0.3) is 0 Å². The second kappa shape index (κ2) is 5.91. The van der Waals surface area contributed by atoms with Crippen LogP contribution in [0, 0.1) is 12.8 Å². The summed E-state index contributed by atoms with van der Waals surface area (Å²) in [6, 6.07) is 6.74. The zero-order valence-electron chi connectivity index (χ0n) is 13.1. The number of aryl methyl sites for hydroxylation is 1. The van der Waals surface area contributed by atoms with Crippen LogP contribution in [0.15, 0.2) is 29.2 Å². The minimum Gasteiger partial charge on any atom is -0.298 e. The van der Waals surface area contributed by atoms with Gasteiger partial charge in [0.15, 0.2) is 15.6 Å². The summed E-state index contributed by atoms with van der Waals surface area (Å²) in [6.07, 6.45) is 4.85. The van der Waals surface area contributed by atoms with Gasteiger partial charge in [0.1, 0.15) is 4.75 Å². The van der Waals surface area contributed by atoms with Crippen molar-refractivity contribution in [2.24, 2.45) is 5.92 Å². The van der Waals surface area contributed by atoms with E-state index >= 15 is 0 Å². The summed E-state index contributed by atoms with van der Waals surface area (Å²) in [6.45, 7) is 5.02. The van der Waals surface area contributed by atoms with E-state index < -0.39 is 14.6 Å². The van der Waals surface area contributed by atoms with Crippen molar-refractivity contribution in [2.75, 3.05) is 0 Å². The monoisotopic (exact) mass is 308 g/mol. The lowest BCUT2D eigenvalue weighted by atomic mass is 9.82. The van der Waals surface area contributed by atoms with Gasteiger partial charge in [0.05, 0.1) is 4.90 Å². The number of benzene rings is 1. The van der Waals surface area contributed by atoms with Gasteiger partial charge in [-0.15, -0.1) is 0 Å². The lowest BCUT2D eigenvalue weighted by Crippen LogP contribution is -2.44. The molecule has 0 aromatic heterocycles. The number of hydrogen-bond donors (Lipinski definition) is 0. The summed E-state index contributed by atoms with van der Waals surface area (Å²) in [5.74, 6) is -0.225. The molecular formula is C17H24O3S. The van der Waals surface area contributed by atoms with Crippen LogP contribution >= 0.6 is 0 Å². The van der Waals surface area contributed by atoms with E-state index in [4.69, 9.17) is 0 Å². The quantitative estimate of drug-likeness (QED) is 0.852. The molecule has 0 heterocycles. The first-order valence-corrected chi connectivity index (χ1v) is 9.11. The minimum absolute atomic E-state index is 0.103. The molecule has 1 aromatic rings. The lowest BCUT2D eigenvalue weighted by Gasteiger charge is -2.30. The molecule has 0 amide bonds. The van der Waals surface area contributed by atoms with Gasteiger partial charge in [-0.25, -0.2) is 8.42 Å². The fourth-order valence-corrected chi connectivity index (χ4v) is 4.52. The molecule has 0 aliphatic heterocycles. The topological polar surface area (TPSA) is 51.2 Å². The van der Waals surface area contributed by atoms with Gasteiger partial charge in [0.25, 0.3) is 0 Å². The zero-order chi connectivity index (χ0) is 15.7. The number of carbonyl (C=O) groups excluding carboxylic acids is 1. The Balaban J connectivity index is 2.32. The Labute approximate surface area is 127 Å². The molecule has 1 fully saturated rings. The Morgan fingerprint density at radius 1 is 1.05 bits per heavy atom. The van der Waals surface area contributed by atoms with E-state index in [9.17, 15) is 13.2 Å². The van der Waals surface area contributed by atoms with Crippen molar-refractivity contribution in [3.05, 3.63) is 29.8 Å². The van der Waals surface area contributed by atoms with Crippen LogP contribution in [-0.2, 0) is 14.6 Å². The van der Waals surface area contributed by atoms with Gasteiger partial charge in [-0.2, -0.15) is 0 Å².